The molecule has 0 aliphatic rings. The second kappa shape index (κ2) is 5.73. The van der Waals surface area contributed by atoms with Crippen LogP contribution in [0.15, 0.2) is 52.4 Å². The van der Waals surface area contributed by atoms with Gasteiger partial charge < -0.3 is 5.32 Å². The Morgan fingerprint density at radius 3 is 2.75 bits per heavy atom. The molecule has 0 saturated carbocycles. The molecule has 0 saturated heterocycles. The van der Waals surface area contributed by atoms with E-state index >= 15 is 0 Å². The number of thiazole rings is 1. The van der Waals surface area contributed by atoms with E-state index in [1.54, 1.807) is 6.20 Å². The molecule has 5 heteroatoms. The molecule has 0 unspecified atom stereocenters. The Bertz CT molecular complexity index is 769. The summed E-state index contributed by atoms with van der Waals surface area (Å²) in [6, 6.07) is 14.2. The van der Waals surface area contributed by atoms with Gasteiger partial charge in [0.2, 0.25) is 5.91 Å². The lowest BCUT2D eigenvalue weighted by molar-refractivity contribution is -0.115. The highest BCUT2D eigenvalue weighted by molar-refractivity contribution is 9.11. The van der Waals surface area contributed by atoms with Crippen LogP contribution in [0.4, 0.5) is 5.13 Å². The predicted octanol–water partition coefficient (Wildman–Crippen LogP) is 4.24. The number of benzene rings is 2. The van der Waals surface area contributed by atoms with E-state index in [2.05, 4.69) is 38.4 Å². The molecule has 0 radical (unpaired) electrons. The van der Waals surface area contributed by atoms with Crippen LogP contribution in [-0.2, 0) is 11.2 Å². The van der Waals surface area contributed by atoms with Gasteiger partial charge in [0.15, 0.2) is 5.13 Å². The number of aromatic nitrogens is 1. The summed E-state index contributed by atoms with van der Waals surface area (Å²) in [6.45, 7) is 0. The van der Waals surface area contributed by atoms with Crippen molar-refractivity contribution in [3.63, 3.8) is 0 Å². The highest BCUT2D eigenvalue weighted by atomic mass is 79.9. The SMILES string of the molecule is O=C(Cc1ccc2ccccc2c1)Nc1ncc(Br)s1. The van der Waals surface area contributed by atoms with Crippen molar-refractivity contribution in [2.45, 2.75) is 6.42 Å². The number of amides is 1. The van der Waals surface area contributed by atoms with Crippen molar-refractivity contribution in [3.8, 4) is 0 Å². The van der Waals surface area contributed by atoms with Gasteiger partial charge in [0.05, 0.1) is 16.4 Å². The summed E-state index contributed by atoms with van der Waals surface area (Å²) < 4.78 is 0.901. The Morgan fingerprint density at radius 2 is 2.00 bits per heavy atom. The van der Waals surface area contributed by atoms with Crippen LogP contribution in [0.3, 0.4) is 0 Å². The molecule has 1 amide bonds. The fourth-order valence-electron chi connectivity index (χ4n) is 2.01. The molecular formula is C15H11BrN2OS. The minimum absolute atomic E-state index is 0.0536. The van der Waals surface area contributed by atoms with Crippen LogP contribution >= 0.6 is 27.3 Å². The predicted molar refractivity (Wildman–Crippen MR) is 86.1 cm³/mol. The standard InChI is InChI=1S/C15H11BrN2OS/c16-13-9-17-15(20-13)18-14(19)8-10-5-6-11-3-1-2-4-12(11)7-10/h1-7,9H,8H2,(H,17,18,19). The summed E-state index contributed by atoms with van der Waals surface area (Å²) in [4.78, 5) is 16.1. The van der Waals surface area contributed by atoms with Crippen LogP contribution in [0.5, 0.6) is 0 Å². The molecule has 3 nitrogen and oxygen atoms in total. The molecule has 1 heterocycles. The Morgan fingerprint density at radius 1 is 1.20 bits per heavy atom. The summed E-state index contributed by atoms with van der Waals surface area (Å²) in [5.41, 5.74) is 0.997. The van der Waals surface area contributed by atoms with E-state index in [0.717, 1.165) is 14.7 Å². The molecule has 0 spiro atoms. The van der Waals surface area contributed by atoms with Gasteiger partial charge in [0, 0.05) is 0 Å². The third kappa shape index (κ3) is 3.05. The molecule has 2 aromatic carbocycles. The van der Waals surface area contributed by atoms with E-state index in [0.29, 0.717) is 11.6 Å². The lowest BCUT2D eigenvalue weighted by Crippen LogP contribution is -2.14. The topological polar surface area (TPSA) is 42.0 Å². The Labute approximate surface area is 128 Å². The van der Waals surface area contributed by atoms with Crippen molar-refractivity contribution in [1.82, 2.24) is 4.98 Å². The number of halogens is 1. The maximum atomic E-state index is 12.0. The van der Waals surface area contributed by atoms with E-state index in [4.69, 9.17) is 0 Å². The minimum atomic E-state index is -0.0536. The Balaban J connectivity index is 1.73. The zero-order chi connectivity index (χ0) is 13.9. The van der Waals surface area contributed by atoms with E-state index in [9.17, 15) is 4.79 Å². The van der Waals surface area contributed by atoms with Crippen LogP contribution in [0.1, 0.15) is 5.56 Å². The summed E-state index contributed by atoms with van der Waals surface area (Å²) in [5.74, 6) is -0.0536. The molecule has 0 aliphatic heterocycles. The number of hydrogen-bond acceptors (Lipinski definition) is 3. The number of hydrogen-bond donors (Lipinski definition) is 1. The first-order chi connectivity index (χ1) is 9.70. The molecule has 3 rings (SSSR count). The molecule has 3 aromatic rings. The second-order valence-corrected chi connectivity index (χ2v) is 6.79. The molecule has 1 N–H and O–H groups in total. The first kappa shape index (κ1) is 13.3. The molecule has 0 fully saturated rings. The number of anilines is 1. The van der Waals surface area contributed by atoms with E-state index in [-0.39, 0.29) is 5.91 Å². The van der Waals surface area contributed by atoms with Crippen LogP contribution in [0.2, 0.25) is 0 Å². The Hall–Kier alpha value is -1.72. The lowest BCUT2D eigenvalue weighted by atomic mass is 10.1. The van der Waals surface area contributed by atoms with Crippen LogP contribution in [-0.4, -0.2) is 10.9 Å². The van der Waals surface area contributed by atoms with Gasteiger partial charge in [-0.15, -0.1) is 0 Å². The molecule has 1 aromatic heterocycles. The van der Waals surface area contributed by atoms with Crippen molar-refractivity contribution in [2.75, 3.05) is 5.32 Å². The molecule has 0 aliphatic carbocycles. The van der Waals surface area contributed by atoms with Gasteiger partial charge in [-0.25, -0.2) is 4.98 Å². The van der Waals surface area contributed by atoms with Crippen molar-refractivity contribution >= 4 is 49.1 Å². The average molecular weight is 347 g/mol. The van der Waals surface area contributed by atoms with Gasteiger partial charge in [0.1, 0.15) is 0 Å². The van der Waals surface area contributed by atoms with Gasteiger partial charge in [-0.3, -0.25) is 4.79 Å². The molecule has 0 atom stereocenters. The number of fused-ring (bicyclic) bond motifs is 1. The van der Waals surface area contributed by atoms with Gasteiger partial charge in [-0.2, -0.15) is 0 Å². The quantitative estimate of drug-likeness (QED) is 0.770. The fraction of sp³-hybridized carbons (Fsp3) is 0.0667. The van der Waals surface area contributed by atoms with E-state index in [1.165, 1.54) is 16.7 Å². The highest BCUT2D eigenvalue weighted by Crippen LogP contribution is 2.23. The molecule has 0 bridgehead atoms. The first-order valence-electron chi connectivity index (χ1n) is 6.09. The van der Waals surface area contributed by atoms with E-state index in [1.807, 2.05) is 30.3 Å². The van der Waals surface area contributed by atoms with Gasteiger partial charge in [-0.1, -0.05) is 53.8 Å². The number of nitrogens with one attached hydrogen (secondary N) is 1. The highest BCUT2D eigenvalue weighted by Gasteiger charge is 2.07. The largest absolute Gasteiger partial charge is 0.302 e. The van der Waals surface area contributed by atoms with Crippen molar-refractivity contribution < 1.29 is 4.79 Å². The smallest absolute Gasteiger partial charge is 0.230 e. The van der Waals surface area contributed by atoms with Crippen LogP contribution in [0, 0.1) is 0 Å². The first-order valence-corrected chi connectivity index (χ1v) is 7.70. The summed E-state index contributed by atoms with van der Waals surface area (Å²) in [6.07, 6.45) is 2.03. The zero-order valence-electron chi connectivity index (χ0n) is 10.5. The fourth-order valence-corrected chi connectivity index (χ4v) is 3.13. The molecular weight excluding hydrogens is 336 g/mol. The van der Waals surface area contributed by atoms with Crippen LogP contribution < -0.4 is 5.32 Å². The van der Waals surface area contributed by atoms with Crippen molar-refractivity contribution in [3.05, 3.63) is 58.0 Å². The maximum Gasteiger partial charge on any atom is 0.230 e. The maximum absolute atomic E-state index is 12.0. The number of nitrogens with zero attached hydrogens (tertiary/aromatic N) is 1. The summed E-state index contributed by atoms with van der Waals surface area (Å²) >= 11 is 4.72. The third-order valence-corrected chi connectivity index (χ3v) is 4.29. The van der Waals surface area contributed by atoms with Crippen LogP contribution in [0.25, 0.3) is 10.8 Å². The normalized spacial score (nSPS) is 10.7. The summed E-state index contributed by atoms with van der Waals surface area (Å²) in [5, 5.41) is 5.74. The monoisotopic (exact) mass is 346 g/mol. The summed E-state index contributed by atoms with van der Waals surface area (Å²) in [7, 11) is 0. The van der Waals surface area contributed by atoms with Crippen molar-refractivity contribution in [2.24, 2.45) is 0 Å². The number of rotatable bonds is 3. The van der Waals surface area contributed by atoms with Crippen molar-refractivity contribution in [1.29, 1.82) is 0 Å². The van der Waals surface area contributed by atoms with Gasteiger partial charge in [-0.05, 0) is 32.3 Å². The number of carbonyl (C=O) groups excluding carboxylic acids is 1. The Kier molecular flexibility index (Phi) is 3.80. The third-order valence-electron chi connectivity index (χ3n) is 2.90. The average Bonchev–Trinajstić information content (AvgIpc) is 2.83. The van der Waals surface area contributed by atoms with Gasteiger partial charge in [0.25, 0.3) is 0 Å². The number of carbonyl (C=O) groups is 1. The van der Waals surface area contributed by atoms with E-state index < -0.39 is 0 Å². The van der Waals surface area contributed by atoms with Gasteiger partial charge >= 0.3 is 0 Å². The molecule has 100 valence electrons. The molecule has 20 heavy (non-hydrogen) atoms. The lowest BCUT2D eigenvalue weighted by Gasteiger charge is -2.04. The minimum Gasteiger partial charge on any atom is -0.302 e. The second-order valence-electron chi connectivity index (χ2n) is 4.38. The zero-order valence-corrected chi connectivity index (χ0v) is 12.9.